The summed E-state index contributed by atoms with van der Waals surface area (Å²) in [6.45, 7) is 2.16. The number of rotatable bonds is 4. The molecule has 0 amide bonds. The summed E-state index contributed by atoms with van der Waals surface area (Å²) >= 11 is 0. The van der Waals surface area contributed by atoms with Gasteiger partial charge in [-0.2, -0.15) is 5.26 Å². The van der Waals surface area contributed by atoms with E-state index in [0.29, 0.717) is 12.3 Å². The fourth-order valence-electron chi connectivity index (χ4n) is 1.57. The molecule has 0 saturated heterocycles. The minimum absolute atomic E-state index is 0.427. The van der Waals surface area contributed by atoms with E-state index in [0.717, 1.165) is 12.8 Å². The standard InChI is InChI=1S/C12H15N/c1-2-6-11(9-10-13)12-7-4-3-5-8-12/h3-5,7-8,11H,2,6,9H2,1H3. The van der Waals surface area contributed by atoms with Gasteiger partial charge in [0, 0.05) is 6.42 Å². The number of hydrogen-bond acceptors (Lipinski definition) is 1. The fourth-order valence-corrected chi connectivity index (χ4v) is 1.57. The molecule has 13 heavy (non-hydrogen) atoms. The lowest BCUT2D eigenvalue weighted by Gasteiger charge is -2.11. The van der Waals surface area contributed by atoms with Crippen LogP contribution in [0.1, 0.15) is 37.7 Å². The van der Waals surface area contributed by atoms with Crippen molar-refractivity contribution < 1.29 is 0 Å². The molecule has 0 spiro atoms. The second-order valence-electron chi connectivity index (χ2n) is 3.26. The van der Waals surface area contributed by atoms with Crippen LogP contribution in [0.15, 0.2) is 30.3 Å². The molecule has 0 aliphatic rings. The molecule has 0 saturated carbocycles. The van der Waals surface area contributed by atoms with Crippen molar-refractivity contribution in [3.05, 3.63) is 35.9 Å². The quantitative estimate of drug-likeness (QED) is 0.683. The second-order valence-corrected chi connectivity index (χ2v) is 3.26. The topological polar surface area (TPSA) is 23.8 Å². The van der Waals surface area contributed by atoms with Gasteiger partial charge in [-0.05, 0) is 17.9 Å². The van der Waals surface area contributed by atoms with E-state index in [9.17, 15) is 0 Å². The lowest BCUT2D eigenvalue weighted by atomic mass is 9.92. The van der Waals surface area contributed by atoms with Gasteiger partial charge in [0.1, 0.15) is 0 Å². The fraction of sp³-hybridized carbons (Fsp3) is 0.417. The van der Waals surface area contributed by atoms with Gasteiger partial charge in [0.15, 0.2) is 0 Å². The maximum Gasteiger partial charge on any atom is 0.0628 e. The average Bonchev–Trinajstić information content (AvgIpc) is 2.19. The van der Waals surface area contributed by atoms with E-state index >= 15 is 0 Å². The van der Waals surface area contributed by atoms with Crippen LogP contribution in [0.2, 0.25) is 0 Å². The van der Waals surface area contributed by atoms with Gasteiger partial charge in [-0.3, -0.25) is 0 Å². The predicted molar refractivity (Wildman–Crippen MR) is 54.3 cm³/mol. The van der Waals surface area contributed by atoms with Gasteiger partial charge in [-0.15, -0.1) is 0 Å². The van der Waals surface area contributed by atoms with Gasteiger partial charge in [-0.1, -0.05) is 43.7 Å². The summed E-state index contributed by atoms with van der Waals surface area (Å²) < 4.78 is 0. The van der Waals surface area contributed by atoms with Gasteiger partial charge in [0.05, 0.1) is 6.07 Å². The van der Waals surface area contributed by atoms with Crippen molar-refractivity contribution in [2.45, 2.75) is 32.1 Å². The van der Waals surface area contributed by atoms with Crippen LogP contribution in [-0.2, 0) is 0 Å². The third-order valence-electron chi connectivity index (χ3n) is 2.25. The molecule has 0 bridgehead atoms. The van der Waals surface area contributed by atoms with Crippen molar-refractivity contribution >= 4 is 0 Å². The molecular weight excluding hydrogens is 158 g/mol. The van der Waals surface area contributed by atoms with E-state index in [-0.39, 0.29) is 0 Å². The first-order valence-electron chi connectivity index (χ1n) is 4.80. The zero-order chi connectivity index (χ0) is 9.52. The van der Waals surface area contributed by atoms with Gasteiger partial charge in [0.25, 0.3) is 0 Å². The highest BCUT2D eigenvalue weighted by Gasteiger charge is 2.08. The Hall–Kier alpha value is -1.29. The molecule has 0 N–H and O–H groups in total. The van der Waals surface area contributed by atoms with Crippen LogP contribution in [0.5, 0.6) is 0 Å². The molecule has 1 aromatic rings. The van der Waals surface area contributed by atoms with Crippen LogP contribution in [0.4, 0.5) is 0 Å². The summed E-state index contributed by atoms with van der Waals surface area (Å²) in [6.07, 6.45) is 2.89. The summed E-state index contributed by atoms with van der Waals surface area (Å²) in [5, 5.41) is 8.67. The molecule has 0 fully saturated rings. The lowest BCUT2D eigenvalue weighted by molar-refractivity contribution is 0.625. The molecule has 0 heterocycles. The van der Waals surface area contributed by atoms with E-state index in [1.165, 1.54) is 5.56 Å². The number of hydrogen-bond donors (Lipinski definition) is 0. The molecular formula is C12H15N. The number of nitrogens with zero attached hydrogens (tertiary/aromatic N) is 1. The Morgan fingerprint density at radius 2 is 2.00 bits per heavy atom. The van der Waals surface area contributed by atoms with E-state index in [1.54, 1.807) is 0 Å². The first-order valence-corrected chi connectivity index (χ1v) is 4.80. The highest BCUT2D eigenvalue weighted by Crippen LogP contribution is 2.23. The molecule has 1 unspecified atom stereocenters. The third-order valence-corrected chi connectivity index (χ3v) is 2.25. The third kappa shape index (κ3) is 2.91. The van der Waals surface area contributed by atoms with Crippen LogP contribution in [0, 0.1) is 11.3 Å². The van der Waals surface area contributed by atoms with Gasteiger partial charge >= 0.3 is 0 Å². The first-order chi connectivity index (χ1) is 6.38. The van der Waals surface area contributed by atoms with Crippen LogP contribution >= 0.6 is 0 Å². The second kappa shape index (κ2) is 5.37. The minimum Gasteiger partial charge on any atom is -0.198 e. The smallest absolute Gasteiger partial charge is 0.0628 e. The summed E-state index contributed by atoms with van der Waals surface area (Å²) in [7, 11) is 0. The predicted octanol–water partition coefficient (Wildman–Crippen LogP) is 3.48. The summed E-state index contributed by atoms with van der Waals surface area (Å²) in [4.78, 5) is 0. The Labute approximate surface area is 80.0 Å². The summed E-state index contributed by atoms with van der Waals surface area (Å²) in [6, 6.07) is 12.6. The maximum atomic E-state index is 8.67. The normalized spacial score (nSPS) is 12.0. The van der Waals surface area contributed by atoms with Crippen molar-refractivity contribution in [2.24, 2.45) is 0 Å². The van der Waals surface area contributed by atoms with Crippen LogP contribution in [-0.4, -0.2) is 0 Å². The van der Waals surface area contributed by atoms with E-state index in [1.807, 2.05) is 18.2 Å². The zero-order valence-corrected chi connectivity index (χ0v) is 8.03. The van der Waals surface area contributed by atoms with Crippen LogP contribution in [0.25, 0.3) is 0 Å². The van der Waals surface area contributed by atoms with Crippen LogP contribution in [0.3, 0.4) is 0 Å². The first kappa shape index (κ1) is 9.80. The maximum absolute atomic E-state index is 8.67. The van der Waals surface area contributed by atoms with Crippen molar-refractivity contribution in [3.8, 4) is 6.07 Å². The molecule has 0 aliphatic heterocycles. The van der Waals surface area contributed by atoms with Gasteiger partial charge in [0.2, 0.25) is 0 Å². The average molecular weight is 173 g/mol. The van der Waals surface area contributed by atoms with E-state index in [2.05, 4.69) is 25.1 Å². The van der Waals surface area contributed by atoms with Crippen molar-refractivity contribution in [3.63, 3.8) is 0 Å². The molecule has 1 nitrogen and oxygen atoms in total. The monoisotopic (exact) mass is 173 g/mol. The summed E-state index contributed by atoms with van der Waals surface area (Å²) in [5.41, 5.74) is 1.30. The van der Waals surface area contributed by atoms with Gasteiger partial charge < -0.3 is 0 Å². The molecule has 1 atom stereocenters. The van der Waals surface area contributed by atoms with E-state index in [4.69, 9.17) is 5.26 Å². The Balaban J connectivity index is 2.71. The highest BCUT2D eigenvalue weighted by molar-refractivity contribution is 5.20. The minimum atomic E-state index is 0.427. The molecule has 1 heteroatoms. The molecule has 0 aromatic heterocycles. The van der Waals surface area contributed by atoms with Crippen molar-refractivity contribution in [1.29, 1.82) is 5.26 Å². The molecule has 0 aliphatic carbocycles. The summed E-state index contributed by atoms with van der Waals surface area (Å²) in [5.74, 6) is 0.427. The van der Waals surface area contributed by atoms with Crippen molar-refractivity contribution in [2.75, 3.05) is 0 Å². The number of nitriles is 1. The van der Waals surface area contributed by atoms with Crippen molar-refractivity contribution in [1.82, 2.24) is 0 Å². The Bertz CT molecular complexity index is 271. The Morgan fingerprint density at radius 1 is 1.31 bits per heavy atom. The lowest BCUT2D eigenvalue weighted by Crippen LogP contribution is -1.96. The SMILES string of the molecule is CCCC(CC#N)c1ccccc1. The Kier molecular flexibility index (Phi) is 4.05. The molecule has 1 aromatic carbocycles. The van der Waals surface area contributed by atoms with Gasteiger partial charge in [-0.25, -0.2) is 0 Å². The zero-order valence-electron chi connectivity index (χ0n) is 8.03. The van der Waals surface area contributed by atoms with Crippen LogP contribution < -0.4 is 0 Å². The molecule has 68 valence electrons. The number of benzene rings is 1. The largest absolute Gasteiger partial charge is 0.198 e. The highest BCUT2D eigenvalue weighted by atomic mass is 14.2. The molecule has 0 radical (unpaired) electrons. The van der Waals surface area contributed by atoms with E-state index < -0.39 is 0 Å². The molecule has 1 rings (SSSR count). The Morgan fingerprint density at radius 3 is 2.54 bits per heavy atom.